The third kappa shape index (κ3) is 2.68. The van der Waals surface area contributed by atoms with Crippen molar-refractivity contribution in [3.05, 3.63) is 10.6 Å². The number of anilines is 1. The van der Waals surface area contributed by atoms with Crippen LogP contribution in [0, 0.1) is 6.92 Å². The van der Waals surface area contributed by atoms with E-state index in [9.17, 15) is 5.11 Å². The molecule has 5 heteroatoms. The molecule has 0 aliphatic carbocycles. The van der Waals surface area contributed by atoms with Crippen LogP contribution in [-0.2, 0) is 0 Å². The smallest absolute Gasteiger partial charge is 0.185 e. The van der Waals surface area contributed by atoms with Crippen molar-refractivity contribution in [2.24, 2.45) is 0 Å². The van der Waals surface area contributed by atoms with Crippen molar-refractivity contribution in [1.82, 2.24) is 9.88 Å². The van der Waals surface area contributed by atoms with E-state index in [0.717, 1.165) is 35.3 Å². The number of aromatic nitrogens is 1. The average Bonchev–Trinajstić information content (AvgIpc) is 2.72. The topological polar surface area (TPSA) is 39.6 Å². The van der Waals surface area contributed by atoms with Crippen molar-refractivity contribution in [3.8, 4) is 0 Å². The second-order valence-electron chi connectivity index (χ2n) is 5.11. The van der Waals surface area contributed by atoms with Gasteiger partial charge in [-0.1, -0.05) is 18.3 Å². The van der Waals surface area contributed by atoms with E-state index in [4.69, 9.17) is 0 Å². The van der Waals surface area contributed by atoms with Crippen LogP contribution in [0.1, 0.15) is 36.9 Å². The predicted molar refractivity (Wildman–Crippen MR) is 76.4 cm³/mol. The minimum absolute atomic E-state index is 0.411. The molecule has 2 heterocycles. The van der Waals surface area contributed by atoms with E-state index >= 15 is 0 Å². The van der Waals surface area contributed by atoms with Crippen LogP contribution in [-0.4, -0.2) is 47.7 Å². The Bertz CT molecular complexity index is 405. The second kappa shape index (κ2) is 5.55. The number of aliphatic hydroxyl groups excluding tert-OH is 1. The fourth-order valence-electron chi connectivity index (χ4n) is 2.48. The van der Waals surface area contributed by atoms with E-state index in [1.807, 2.05) is 13.8 Å². The Balaban J connectivity index is 2.14. The molecule has 0 bridgehead atoms. The summed E-state index contributed by atoms with van der Waals surface area (Å²) < 4.78 is 0. The Morgan fingerprint density at radius 3 is 2.78 bits per heavy atom. The van der Waals surface area contributed by atoms with Gasteiger partial charge in [0.2, 0.25) is 0 Å². The van der Waals surface area contributed by atoms with E-state index in [-0.39, 0.29) is 0 Å². The van der Waals surface area contributed by atoms with Gasteiger partial charge in [-0.05, 0) is 27.3 Å². The van der Waals surface area contributed by atoms with Crippen LogP contribution in [0.15, 0.2) is 0 Å². The van der Waals surface area contributed by atoms with Gasteiger partial charge in [0.05, 0.1) is 16.7 Å². The molecule has 1 aliphatic heterocycles. The zero-order valence-electron chi connectivity index (χ0n) is 11.7. The molecular formula is C13H23N3OS. The largest absolute Gasteiger partial charge is 0.388 e. The third-order valence-corrected chi connectivity index (χ3v) is 5.11. The normalized spacial score (nSPS) is 23.4. The number of likely N-dealkylation sites (N-methyl/N-ethyl adjacent to an activating group) is 1. The highest BCUT2D eigenvalue weighted by Crippen LogP contribution is 2.31. The molecule has 0 radical (unpaired) electrons. The Morgan fingerprint density at radius 2 is 2.22 bits per heavy atom. The van der Waals surface area contributed by atoms with Crippen molar-refractivity contribution < 1.29 is 5.11 Å². The van der Waals surface area contributed by atoms with Gasteiger partial charge in [0.1, 0.15) is 0 Å². The van der Waals surface area contributed by atoms with E-state index < -0.39 is 6.10 Å². The van der Waals surface area contributed by atoms with Crippen molar-refractivity contribution in [3.63, 3.8) is 0 Å². The van der Waals surface area contributed by atoms with E-state index in [2.05, 4.69) is 28.8 Å². The van der Waals surface area contributed by atoms with E-state index in [1.54, 1.807) is 11.3 Å². The van der Waals surface area contributed by atoms with Crippen LogP contribution < -0.4 is 4.90 Å². The van der Waals surface area contributed by atoms with Crippen molar-refractivity contribution in [2.45, 2.75) is 39.3 Å². The molecule has 102 valence electrons. The summed E-state index contributed by atoms with van der Waals surface area (Å²) in [4.78, 5) is 10.4. The zero-order chi connectivity index (χ0) is 13.3. The molecule has 0 amide bonds. The monoisotopic (exact) mass is 269 g/mol. The number of thiazole rings is 1. The summed E-state index contributed by atoms with van der Waals surface area (Å²) in [7, 11) is 2.19. The molecule has 0 aromatic carbocycles. The van der Waals surface area contributed by atoms with Crippen molar-refractivity contribution in [2.75, 3.05) is 31.6 Å². The molecule has 2 rings (SSSR count). The molecule has 1 fully saturated rings. The van der Waals surface area contributed by atoms with Crippen LogP contribution >= 0.6 is 11.3 Å². The van der Waals surface area contributed by atoms with Gasteiger partial charge in [-0.3, -0.25) is 4.90 Å². The number of hydrogen-bond donors (Lipinski definition) is 1. The molecule has 1 aromatic rings. The Morgan fingerprint density at radius 1 is 1.50 bits per heavy atom. The minimum atomic E-state index is -0.411. The second-order valence-corrected chi connectivity index (χ2v) is 6.12. The van der Waals surface area contributed by atoms with Gasteiger partial charge in [0.25, 0.3) is 0 Å². The standard InChI is InChI=1S/C13H23N3OS/c1-5-11-8-16(7-6-15(11)4)13-14-9(2)12(18-13)10(3)17/h10-11,17H,5-8H2,1-4H3. The quantitative estimate of drug-likeness (QED) is 0.911. The fraction of sp³-hybridized carbons (Fsp3) is 0.769. The van der Waals surface area contributed by atoms with Gasteiger partial charge in [-0.15, -0.1) is 0 Å². The lowest BCUT2D eigenvalue weighted by atomic mass is 10.1. The zero-order valence-corrected chi connectivity index (χ0v) is 12.5. The first kappa shape index (κ1) is 13.8. The van der Waals surface area contributed by atoms with Gasteiger partial charge in [-0.25, -0.2) is 4.98 Å². The van der Waals surface area contributed by atoms with Gasteiger partial charge >= 0.3 is 0 Å². The number of hydrogen-bond acceptors (Lipinski definition) is 5. The summed E-state index contributed by atoms with van der Waals surface area (Å²) in [5.74, 6) is 0. The number of aryl methyl sites for hydroxylation is 1. The fourth-order valence-corrected chi connectivity index (χ4v) is 3.52. The SMILES string of the molecule is CCC1CN(c2nc(C)c(C(C)O)s2)CCN1C. The number of aliphatic hydroxyl groups is 1. The molecule has 1 N–H and O–H groups in total. The van der Waals surface area contributed by atoms with Gasteiger partial charge in [0.15, 0.2) is 5.13 Å². The first-order valence-electron chi connectivity index (χ1n) is 6.63. The lowest BCUT2D eigenvalue weighted by Gasteiger charge is -2.39. The number of piperazine rings is 1. The molecule has 2 atom stereocenters. The van der Waals surface area contributed by atoms with Crippen LogP contribution in [0.4, 0.5) is 5.13 Å². The maximum Gasteiger partial charge on any atom is 0.185 e. The molecule has 1 aromatic heterocycles. The maximum absolute atomic E-state index is 9.70. The first-order valence-corrected chi connectivity index (χ1v) is 7.45. The minimum Gasteiger partial charge on any atom is -0.388 e. The van der Waals surface area contributed by atoms with Crippen LogP contribution in [0.5, 0.6) is 0 Å². The van der Waals surface area contributed by atoms with Crippen molar-refractivity contribution in [1.29, 1.82) is 0 Å². The first-order chi connectivity index (χ1) is 8.52. The average molecular weight is 269 g/mol. The Hall–Kier alpha value is -0.650. The lowest BCUT2D eigenvalue weighted by molar-refractivity contribution is 0.202. The highest BCUT2D eigenvalue weighted by Gasteiger charge is 2.25. The van der Waals surface area contributed by atoms with Gasteiger partial charge in [-0.2, -0.15) is 0 Å². The van der Waals surface area contributed by atoms with Gasteiger partial charge < -0.3 is 10.0 Å². The summed E-state index contributed by atoms with van der Waals surface area (Å²) in [6.45, 7) is 9.18. The number of rotatable bonds is 3. The summed E-state index contributed by atoms with van der Waals surface area (Å²) >= 11 is 1.63. The maximum atomic E-state index is 9.70. The molecule has 18 heavy (non-hydrogen) atoms. The summed E-state index contributed by atoms with van der Waals surface area (Å²) in [5.41, 5.74) is 0.969. The predicted octanol–water partition coefficient (Wildman–Crippen LogP) is 2.04. The van der Waals surface area contributed by atoms with E-state index in [1.165, 1.54) is 6.42 Å². The van der Waals surface area contributed by atoms with E-state index in [0.29, 0.717) is 6.04 Å². The molecular weight excluding hydrogens is 246 g/mol. The summed E-state index contributed by atoms with van der Waals surface area (Å²) in [6, 6.07) is 0.609. The Kier molecular flexibility index (Phi) is 4.25. The molecule has 4 nitrogen and oxygen atoms in total. The van der Waals surface area contributed by atoms with Crippen LogP contribution in [0.3, 0.4) is 0 Å². The highest BCUT2D eigenvalue weighted by molar-refractivity contribution is 7.15. The molecule has 1 aliphatic rings. The van der Waals surface area contributed by atoms with Crippen LogP contribution in [0.25, 0.3) is 0 Å². The van der Waals surface area contributed by atoms with Crippen molar-refractivity contribution >= 4 is 16.5 Å². The summed E-state index contributed by atoms with van der Waals surface area (Å²) in [6.07, 6.45) is 0.756. The lowest BCUT2D eigenvalue weighted by Crippen LogP contribution is -2.51. The number of nitrogens with zero attached hydrogens (tertiary/aromatic N) is 3. The molecule has 0 saturated carbocycles. The Labute approximate surface area is 113 Å². The van der Waals surface area contributed by atoms with Crippen LogP contribution in [0.2, 0.25) is 0 Å². The molecule has 2 unspecified atom stereocenters. The molecule has 0 spiro atoms. The molecule has 1 saturated heterocycles. The summed E-state index contributed by atoms with van der Waals surface area (Å²) in [5, 5.41) is 10.8. The highest BCUT2D eigenvalue weighted by atomic mass is 32.1. The van der Waals surface area contributed by atoms with Gasteiger partial charge in [0, 0.05) is 25.7 Å². The third-order valence-electron chi connectivity index (χ3n) is 3.72.